The zero-order chi connectivity index (χ0) is 19.6. The summed E-state index contributed by atoms with van der Waals surface area (Å²) >= 11 is 0. The van der Waals surface area contributed by atoms with E-state index in [0.29, 0.717) is 24.1 Å². The number of nitrogens with zero attached hydrogens (tertiary/aromatic N) is 4. The van der Waals surface area contributed by atoms with Gasteiger partial charge in [0.15, 0.2) is 0 Å². The summed E-state index contributed by atoms with van der Waals surface area (Å²) in [6.07, 6.45) is 2.86. The molecule has 148 valence electrons. The number of aromatic nitrogens is 3. The average molecular weight is 402 g/mol. The van der Waals surface area contributed by atoms with Crippen molar-refractivity contribution < 1.29 is 18.0 Å². The standard InChI is InChI=1S/C19H22N4O4S/c1-26-16-7-5-6-15(12-16)14-27-23-19-13-17(8-9-18(19)20-21-23)28(24,25)22-10-3-2-4-11-22/h5-9,12-13H,2-4,10-11,14H2,1H3. The number of benzene rings is 2. The van der Waals surface area contributed by atoms with Gasteiger partial charge in [-0.2, -0.15) is 4.31 Å². The van der Waals surface area contributed by atoms with Gasteiger partial charge >= 0.3 is 0 Å². The normalized spacial score (nSPS) is 15.6. The van der Waals surface area contributed by atoms with Crippen LogP contribution in [0.15, 0.2) is 47.4 Å². The maximum Gasteiger partial charge on any atom is 0.243 e. The van der Waals surface area contributed by atoms with Crippen LogP contribution >= 0.6 is 0 Å². The van der Waals surface area contributed by atoms with E-state index in [9.17, 15) is 8.42 Å². The van der Waals surface area contributed by atoms with E-state index in [1.54, 1.807) is 29.6 Å². The number of methoxy groups -OCH3 is 1. The van der Waals surface area contributed by atoms with Gasteiger partial charge in [0, 0.05) is 13.1 Å². The van der Waals surface area contributed by atoms with Crippen molar-refractivity contribution in [1.29, 1.82) is 0 Å². The highest BCUT2D eigenvalue weighted by Gasteiger charge is 2.26. The molecular formula is C19H22N4O4S. The van der Waals surface area contributed by atoms with Crippen molar-refractivity contribution in [2.75, 3.05) is 20.2 Å². The van der Waals surface area contributed by atoms with E-state index in [4.69, 9.17) is 9.57 Å². The molecule has 1 fully saturated rings. The minimum absolute atomic E-state index is 0.232. The van der Waals surface area contributed by atoms with Crippen molar-refractivity contribution in [3.05, 3.63) is 48.0 Å². The number of sulfonamides is 1. The van der Waals surface area contributed by atoms with Gasteiger partial charge in [-0.15, -0.1) is 5.10 Å². The Bertz CT molecular complexity index is 1070. The first-order chi connectivity index (χ1) is 13.6. The molecule has 0 spiro atoms. The van der Waals surface area contributed by atoms with Gasteiger partial charge in [0.05, 0.1) is 12.0 Å². The Balaban J connectivity index is 1.59. The van der Waals surface area contributed by atoms with E-state index in [1.165, 1.54) is 4.85 Å². The first-order valence-electron chi connectivity index (χ1n) is 9.20. The van der Waals surface area contributed by atoms with E-state index in [0.717, 1.165) is 30.6 Å². The van der Waals surface area contributed by atoms with Crippen molar-refractivity contribution in [3.63, 3.8) is 0 Å². The van der Waals surface area contributed by atoms with Crippen LogP contribution in [0.3, 0.4) is 0 Å². The molecule has 0 unspecified atom stereocenters. The second kappa shape index (κ2) is 7.76. The predicted molar refractivity (Wildman–Crippen MR) is 103 cm³/mol. The van der Waals surface area contributed by atoms with Crippen molar-refractivity contribution >= 4 is 21.1 Å². The molecule has 0 amide bonds. The summed E-state index contributed by atoms with van der Waals surface area (Å²) in [7, 11) is -1.93. The number of ether oxygens (including phenoxy) is 1. The monoisotopic (exact) mass is 402 g/mol. The number of hydrogen-bond donors (Lipinski definition) is 0. The highest BCUT2D eigenvalue weighted by molar-refractivity contribution is 7.89. The Morgan fingerprint density at radius 3 is 2.68 bits per heavy atom. The number of rotatable bonds is 6. The fourth-order valence-electron chi connectivity index (χ4n) is 3.29. The fraction of sp³-hybridized carbons (Fsp3) is 0.368. The van der Waals surface area contributed by atoms with Crippen molar-refractivity contribution in [1.82, 2.24) is 19.5 Å². The molecule has 28 heavy (non-hydrogen) atoms. The second-order valence-electron chi connectivity index (χ2n) is 6.70. The summed E-state index contributed by atoms with van der Waals surface area (Å²) in [5, 5.41) is 8.05. The SMILES string of the molecule is COc1cccc(COn2nnc3ccc(S(=O)(=O)N4CCCCC4)cc32)c1. The first kappa shape index (κ1) is 18.7. The Labute approximate surface area is 163 Å². The second-order valence-corrected chi connectivity index (χ2v) is 8.64. The van der Waals surface area contributed by atoms with Gasteiger partial charge in [-0.3, -0.25) is 0 Å². The molecule has 9 heteroatoms. The molecule has 3 aromatic rings. The van der Waals surface area contributed by atoms with Crippen LogP contribution in [0, 0.1) is 0 Å². The van der Waals surface area contributed by atoms with Crippen LogP contribution in [-0.2, 0) is 16.6 Å². The van der Waals surface area contributed by atoms with E-state index in [1.807, 2.05) is 24.3 Å². The molecule has 1 aliphatic rings. The highest BCUT2D eigenvalue weighted by Crippen LogP contribution is 2.23. The summed E-state index contributed by atoms with van der Waals surface area (Å²) in [5.74, 6) is 0.736. The van der Waals surface area contributed by atoms with Gasteiger partial charge < -0.3 is 9.57 Å². The Morgan fingerprint density at radius 1 is 1.07 bits per heavy atom. The van der Waals surface area contributed by atoms with Gasteiger partial charge in [-0.25, -0.2) is 8.42 Å². The molecule has 0 saturated carbocycles. The van der Waals surface area contributed by atoms with Gasteiger partial charge in [-0.1, -0.05) is 23.4 Å². The Kier molecular flexibility index (Phi) is 5.19. The van der Waals surface area contributed by atoms with Crippen molar-refractivity contribution in [3.8, 4) is 5.75 Å². The summed E-state index contributed by atoms with van der Waals surface area (Å²) < 4.78 is 32.6. The van der Waals surface area contributed by atoms with Crippen LogP contribution in [-0.4, -0.2) is 48.1 Å². The lowest BCUT2D eigenvalue weighted by Crippen LogP contribution is -2.35. The molecule has 0 N–H and O–H groups in total. The Hall–Kier alpha value is -2.65. The minimum Gasteiger partial charge on any atom is -0.497 e. The van der Waals surface area contributed by atoms with Gasteiger partial charge in [0.25, 0.3) is 0 Å². The maximum absolute atomic E-state index is 12.9. The third-order valence-electron chi connectivity index (χ3n) is 4.83. The molecule has 0 radical (unpaired) electrons. The third kappa shape index (κ3) is 3.67. The molecule has 4 rings (SSSR count). The molecule has 1 aliphatic heterocycles. The van der Waals surface area contributed by atoms with E-state index >= 15 is 0 Å². The van der Waals surface area contributed by atoms with Crippen LogP contribution in [0.25, 0.3) is 11.0 Å². The van der Waals surface area contributed by atoms with Crippen molar-refractivity contribution in [2.24, 2.45) is 0 Å². The molecule has 8 nitrogen and oxygen atoms in total. The summed E-state index contributed by atoms with van der Waals surface area (Å²) in [6, 6.07) is 12.3. The summed E-state index contributed by atoms with van der Waals surface area (Å²) in [4.78, 5) is 7.24. The van der Waals surface area contributed by atoms with Gasteiger partial charge in [0.1, 0.15) is 23.4 Å². The zero-order valence-electron chi connectivity index (χ0n) is 15.6. The lowest BCUT2D eigenvalue weighted by molar-refractivity contribution is 0.0750. The van der Waals surface area contributed by atoms with Crippen LogP contribution in [0.4, 0.5) is 0 Å². The van der Waals surface area contributed by atoms with Crippen LogP contribution < -0.4 is 9.57 Å². The summed E-state index contributed by atoms with van der Waals surface area (Å²) in [6.45, 7) is 1.37. The molecular weight excluding hydrogens is 380 g/mol. The maximum atomic E-state index is 12.9. The Morgan fingerprint density at radius 2 is 1.89 bits per heavy atom. The van der Waals surface area contributed by atoms with Crippen LogP contribution in [0.5, 0.6) is 5.75 Å². The van der Waals surface area contributed by atoms with Crippen LogP contribution in [0.1, 0.15) is 24.8 Å². The van der Waals surface area contributed by atoms with Crippen molar-refractivity contribution in [2.45, 2.75) is 30.8 Å². The number of fused-ring (bicyclic) bond motifs is 1. The molecule has 2 aromatic carbocycles. The van der Waals surface area contributed by atoms with E-state index in [-0.39, 0.29) is 11.5 Å². The van der Waals surface area contributed by atoms with E-state index < -0.39 is 10.0 Å². The first-order valence-corrected chi connectivity index (χ1v) is 10.6. The van der Waals surface area contributed by atoms with Gasteiger partial charge in [0.2, 0.25) is 10.0 Å². The topological polar surface area (TPSA) is 86.5 Å². The fourth-order valence-corrected chi connectivity index (χ4v) is 4.82. The third-order valence-corrected chi connectivity index (χ3v) is 6.72. The van der Waals surface area contributed by atoms with Crippen LogP contribution in [0.2, 0.25) is 0 Å². The van der Waals surface area contributed by atoms with Gasteiger partial charge in [-0.05, 0) is 54.0 Å². The largest absolute Gasteiger partial charge is 0.497 e. The molecule has 0 aliphatic carbocycles. The summed E-state index contributed by atoms with van der Waals surface area (Å²) in [5.41, 5.74) is 1.99. The minimum atomic E-state index is -3.53. The zero-order valence-corrected chi connectivity index (χ0v) is 16.4. The van der Waals surface area contributed by atoms with E-state index in [2.05, 4.69) is 10.3 Å². The molecule has 1 aromatic heterocycles. The number of hydrogen-bond acceptors (Lipinski definition) is 6. The molecule has 2 heterocycles. The predicted octanol–water partition coefficient (Wildman–Crippen LogP) is 2.24. The number of piperidine rings is 1. The lowest BCUT2D eigenvalue weighted by Gasteiger charge is -2.25. The quantitative estimate of drug-likeness (QED) is 0.629. The highest BCUT2D eigenvalue weighted by atomic mass is 32.2. The molecule has 0 atom stereocenters. The molecule has 0 bridgehead atoms. The average Bonchev–Trinajstić information content (AvgIpc) is 3.15. The smallest absolute Gasteiger partial charge is 0.243 e. The molecule has 1 saturated heterocycles. The lowest BCUT2D eigenvalue weighted by atomic mass is 10.2.